The molecule has 0 N–H and O–H groups in total. The van der Waals surface area contributed by atoms with Gasteiger partial charge < -0.3 is 4.74 Å². The van der Waals surface area contributed by atoms with Gasteiger partial charge >= 0.3 is 0 Å². The van der Waals surface area contributed by atoms with Gasteiger partial charge in [-0.15, -0.1) is 5.06 Å². The second kappa shape index (κ2) is 4.59. The number of rotatable bonds is 4. The van der Waals surface area contributed by atoms with Crippen molar-refractivity contribution in [2.45, 2.75) is 0 Å². The molecule has 0 saturated carbocycles. The Kier molecular flexibility index (Phi) is 2.98. The smallest absolute Gasteiger partial charge is 0.278 e. The maximum absolute atomic E-state index is 11.1. The molecule has 0 aliphatic carbocycles. The van der Waals surface area contributed by atoms with Crippen LogP contribution in [0.2, 0.25) is 0 Å². The highest BCUT2D eigenvalue weighted by atomic mass is 16.8. The minimum atomic E-state index is -0.498. The average Bonchev–Trinajstić information content (AvgIpc) is 2.62. The van der Waals surface area contributed by atoms with Crippen LogP contribution in [-0.4, -0.2) is 23.7 Å². The van der Waals surface area contributed by atoms with Crippen LogP contribution in [-0.2, 0) is 14.4 Å². The number of nitrogens with zero attached hydrogens (tertiary/aromatic N) is 1. The minimum absolute atomic E-state index is 0.191. The summed E-state index contributed by atoms with van der Waals surface area (Å²) < 4.78 is 5.17. The Hall–Kier alpha value is -2.14. The molecule has 0 saturated heterocycles. The van der Waals surface area contributed by atoms with Crippen molar-refractivity contribution in [3.8, 4) is 5.75 Å². The predicted molar refractivity (Wildman–Crippen MR) is 54.0 cm³/mol. The topological polar surface area (TPSA) is 55.8 Å². The summed E-state index contributed by atoms with van der Waals surface area (Å²) in [5, 5.41) is 0.656. The summed E-state index contributed by atoms with van der Waals surface area (Å²) in [6, 6.07) is 8.96. The van der Waals surface area contributed by atoms with Crippen molar-refractivity contribution in [1.29, 1.82) is 0 Å². The lowest BCUT2D eigenvalue weighted by atomic mass is 10.3. The van der Waals surface area contributed by atoms with Crippen molar-refractivity contribution in [2.24, 2.45) is 0 Å². The van der Waals surface area contributed by atoms with E-state index in [1.54, 1.807) is 12.1 Å². The number of hydrogen-bond acceptors (Lipinski definition) is 4. The van der Waals surface area contributed by atoms with Gasteiger partial charge in [-0.1, -0.05) is 18.2 Å². The SMILES string of the molecule is O=C1C=CC(=O)N1OCOc1ccccc1. The van der Waals surface area contributed by atoms with Gasteiger partial charge in [0.1, 0.15) is 5.75 Å². The van der Waals surface area contributed by atoms with Crippen LogP contribution in [0.1, 0.15) is 0 Å². The molecule has 1 aromatic rings. The first-order chi connectivity index (χ1) is 7.77. The lowest BCUT2D eigenvalue weighted by molar-refractivity contribution is -0.202. The van der Waals surface area contributed by atoms with Crippen LogP contribution in [0.25, 0.3) is 0 Å². The Morgan fingerprint density at radius 3 is 2.25 bits per heavy atom. The highest BCUT2D eigenvalue weighted by Crippen LogP contribution is 2.09. The zero-order valence-electron chi connectivity index (χ0n) is 8.33. The number of para-hydroxylation sites is 1. The zero-order valence-corrected chi connectivity index (χ0v) is 8.33. The van der Waals surface area contributed by atoms with E-state index in [-0.39, 0.29) is 6.79 Å². The van der Waals surface area contributed by atoms with Crippen molar-refractivity contribution in [2.75, 3.05) is 6.79 Å². The summed E-state index contributed by atoms with van der Waals surface area (Å²) in [5.41, 5.74) is 0. The number of ether oxygens (including phenoxy) is 1. The summed E-state index contributed by atoms with van der Waals surface area (Å²) in [5.74, 6) is -0.391. The highest BCUT2D eigenvalue weighted by Gasteiger charge is 2.24. The fourth-order valence-corrected chi connectivity index (χ4v) is 1.18. The molecule has 2 amide bonds. The first-order valence-corrected chi connectivity index (χ1v) is 4.64. The van der Waals surface area contributed by atoms with Gasteiger partial charge in [-0.05, 0) is 12.1 Å². The average molecular weight is 219 g/mol. The summed E-state index contributed by atoms with van der Waals surface area (Å²) >= 11 is 0. The molecule has 82 valence electrons. The maximum atomic E-state index is 11.1. The van der Waals surface area contributed by atoms with Gasteiger partial charge in [-0.2, -0.15) is 0 Å². The Morgan fingerprint density at radius 1 is 1.00 bits per heavy atom. The zero-order chi connectivity index (χ0) is 11.4. The van der Waals surface area contributed by atoms with Crippen molar-refractivity contribution < 1.29 is 19.2 Å². The minimum Gasteiger partial charge on any atom is -0.465 e. The van der Waals surface area contributed by atoms with Crippen LogP contribution in [0, 0.1) is 0 Å². The lowest BCUT2D eigenvalue weighted by Crippen LogP contribution is -2.31. The molecule has 5 heteroatoms. The van der Waals surface area contributed by atoms with Gasteiger partial charge in [-0.3, -0.25) is 9.59 Å². The molecule has 0 radical (unpaired) electrons. The molecule has 0 bridgehead atoms. The van der Waals surface area contributed by atoms with Gasteiger partial charge in [0, 0.05) is 12.2 Å². The van der Waals surface area contributed by atoms with Crippen molar-refractivity contribution in [3.63, 3.8) is 0 Å². The van der Waals surface area contributed by atoms with Crippen LogP contribution in [0.15, 0.2) is 42.5 Å². The third-order valence-corrected chi connectivity index (χ3v) is 1.92. The van der Waals surface area contributed by atoms with Gasteiger partial charge in [0.15, 0.2) is 0 Å². The molecular formula is C11H9NO4. The largest absolute Gasteiger partial charge is 0.465 e. The first kappa shape index (κ1) is 10.4. The molecule has 1 aliphatic heterocycles. The molecule has 5 nitrogen and oxygen atoms in total. The molecule has 2 rings (SSSR count). The number of hydrogen-bond donors (Lipinski definition) is 0. The quantitative estimate of drug-likeness (QED) is 0.557. The third-order valence-electron chi connectivity index (χ3n) is 1.92. The molecule has 0 aromatic heterocycles. The number of imide groups is 1. The van der Waals surface area contributed by atoms with Crippen LogP contribution < -0.4 is 4.74 Å². The number of amides is 2. The maximum Gasteiger partial charge on any atom is 0.278 e. The number of carbonyl (C=O) groups excluding carboxylic acids is 2. The fourth-order valence-electron chi connectivity index (χ4n) is 1.18. The molecule has 0 unspecified atom stereocenters. The molecule has 16 heavy (non-hydrogen) atoms. The molecule has 0 atom stereocenters. The molecule has 1 aromatic carbocycles. The first-order valence-electron chi connectivity index (χ1n) is 4.64. The fraction of sp³-hybridized carbons (Fsp3) is 0.0909. The van der Waals surface area contributed by atoms with E-state index >= 15 is 0 Å². The van der Waals surface area contributed by atoms with E-state index in [1.165, 1.54) is 0 Å². The van der Waals surface area contributed by atoms with E-state index < -0.39 is 11.8 Å². The summed E-state index contributed by atoms with van der Waals surface area (Å²) in [4.78, 5) is 27.0. The molecule has 1 heterocycles. The lowest BCUT2D eigenvalue weighted by Gasteiger charge is -2.13. The van der Waals surface area contributed by atoms with Crippen LogP contribution in [0.4, 0.5) is 0 Å². The van der Waals surface area contributed by atoms with Gasteiger partial charge in [-0.25, -0.2) is 4.84 Å². The van der Waals surface area contributed by atoms with Crippen molar-refractivity contribution in [1.82, 2.24) is 5.06 Å². The molecular weight excluding hydrogens is 210 g/mol. The second-order valence-electron chi connectivity index (χ2n) is 3.01. The summed E-state index contributed by atoms with van der Waals surface area (Å²) in [6.45, 7) is -0.191. The van der Waals surface area contributed by atoms with Gasteiger partial charge in [0.05, 0.1) is 0 Å². The van der Waals surface area contributed by atoms with Crippen molar-refractivity contribution >= 4 is 11.8 Å². The van der Waals surface area contributed by atoms with Crippen molar-refractivity contribution in [3.05, 3.63) is 42.5 Å². The molecule has 0 spiro atoms. The van der Waals surface area contributed by atoms with E-state index in [0.29, 0.717) is 10.8 Å². The summed E-state index contributed by atoms with van der Waals surface area (Å²) in [6.07, 6.45) is 2.29. The number of benzene rings is 1. The standard InChI is InChI=1S/C11H9NO4/c13-10-6-7-11(14)12(10)16-8-15-9-4-2-1-3-5-9/h1-7H,8H2. The monoisotopic (exact) mass is 219 g/mol. The number of hydroxylamine groups is 2. The second-order valence-corrected chi connectivity index (χ2v) is 3.01. The Morgan fingerprint density at radius 2 is 1.62 bits per heavy atom. The van der Waals surface area contributed by atoms with Crippen LogP contribution in [0.3, 0.4) is 0 Å². The van der Waals surface area contributed by atoms with E-state index in [0.717, 1.165) is 12.2 Å². The van der Waals surface area contributed by atoms with Crippen LogP contribution in [0.5, 0.6) is 5.75 Å². The van der Waals surface area contributed by atoms with Gasteiger partial charge in [0.25, 0.3) is 11.8 Å². The third kappa shape index (κ3) is 2.26. The van der Waals surface area contributed by atoms with Gasteiger partial charge in [0.2, 0.25) is 6.79 Å². The molecule has 1 aliphatic rings. The normalized spacial score (nSPS) is 14.6. The Bertz CT molecular complexity index is 409. The Balaban J connectivity index is 1.81. The Labute approximate surface area is 91.8 Å². The van der Waals surface area contributed by atoms with E-state index in [4.69, 9.17) is 9.57 Å². The summed E-state index contributed by atoms with van der Waals surface area (Å²) in [7, 11) is 0. The highest BCUT2D eigenvalue weighted by molar-refractivity contribution is 6.11. The van der Waals surface area contributed by atoms with E-state index in [2.05, 4.69) is 0 Å². The van der Waals surface area contributed by atoms with Crippen LogP contribution >= 0.6 is 0 Å². The van der Waals surface area contributed by atoms with E-state index in [9.17, 15) is 9.59 Å². The molecule has 0 fully saturated rings. The number of carbonyl (C=O) groups is 2. The predicted octanol–water partition coefficient (Wildman–Crippen LogP) is 0.879. The van der Waals surface area contributed by atoms with E-state index in [1.807, 2.05) is 18.2 Å².